The number of fused-ring (bicyclic) bond motifs is 1. The number of para-hydroxylation sites is 2. The predicted octanol–water partition coefficient (Wildman–Crippen LogP) is 5.93. The number of aromatic nitrogens is 1. The van der Waals surface area contributed by atoms with Gasteiger partial charge in [-0.05, 0) is 61.0 Å². The highest BCUT2D eigenvalue weighted by molar-refractivity contribution is 6.03. The molecule has 2 N–H and O–H groups in total. The number of phenolic OH excluding ortho intramolecular Hbond substituents is 1. The molecule has 3 aromatic carbocycles. The molecule has 0 aliphatic carbocycles. The lowest BCUT2D eigenvalue weighted by atomic mass is 10.1. The Bertz CT molecular complexity index is 1530. The molecule has 0 fully saturated rings. The number of nitro benzene ring substituents is 1. The van der Waals surface area contributed by atoms with Crippen molar-refractivity contribution in [3.8, 4) is 28.5 Å². The summed E-state index contributed by atoms with van der Waals surface area (Å²) in [4.78, 5) is 27.6. The quantitative estimate of drug-likeness (QED) is 0.191. The Morgan fingerprint density at radius 2 is 1.82 bits per heavy atom. The van der Waals surface area contributed by atoms with Crippen LogP contribution in [0.1, 0.15) is 16.1 Å². The summed E-state index contributed by atoms with van der Waals surface area (Å²) in [5.41, 5.74) is 3.24. The largest absolute Gasteiger partial charge is 0.507 e. The van der Waals surface area contributed by atoms with Crippen molar-refractivity contribution in [1.82, 2.24) is 4.98 Å². The van der Waals surface area contributed by atoms with Gasteiger partial charge in [-0.2, -0.15) is 0 Å². The molecule has 0 bridgehead atoms. The maximum atomic E-state index is 12.8. The van der Waals surface area contributed by atoms with Crippen molar-refractivity contribution in [2.75, 3.05) is 5.32 Å². The molecular weight excluding hydrogens is 438 g/mol. The lowest BCUT2D eigenvalue weighted by Crippen LogP contribution is -2.10. The molecule has 0 saturated heterocycles. The lowest BCUT2D eigenvalue weighted by Gasteiger charge is -2.07. The molecule has 0 unspecified atom stereocenters. The van der Waals surface area contributed by atoms with E-state index in [0.29, 0.717) is 39.2 Å². The summed E-state index contributed by atoms with van der Waals surface area (Å²) in [5.74, 6) is 0.155. The van der Waals surface area contributed by atoms with Crippen LogP contribution in [-0.2, 0) is 0 Å². The highest BCUT2D eigenvalue weighted by Gasteiger charge is 2.18. The average Bonchev–Trinajstić information content (AvgIpc) is 3.47. The fourth-order valence-corrected chi connectivity index (χ4v) is 3.61. The van der Waals surface area contributed by atoms with E-state index in [-0.39, 0.29) is 23.1 Å². The minimum atomic E-state index is -0.500. The maximum Gasteiger partial charge on any atom is 0.291 e. The van der Waals surface area contributed by atoms with Gasteiger partial charge in [-0.1, -0.05) is 12.1 Å². The standard InChI is InChI=1S/C25H17N3O6/c1-14-12-16(28(31)32)7-8-17(14)21-10-11-23(33-21)24(30)26-15-6-9-20(29)18(13-15)25-27-19-4-2-3-5-22(19)34-25/h2-13,29H,1H3,(H,26,30). The number of aromatic hydroxyl groups is 1. The van der Waals surface area contributed by atoms with Gasteiger partial charge < -0.3 is 19.3 Å². The highest BCUT2D eigenvalue weighted by Crippen LogP contribution is 2.34. The number of anilines is 1. The summed E-state index contributed by atoms with van der Waals surface area (Å²) in [6.45, 7) is 1.73. The van der Waals surface area contributed by atoms with E-state index in [1.807, 2.05) is 12.1 Å². The first-order chi connectivity index (χ1) is 16.4. The van der Waals surface area contributed by atoms with E-state index in [4.69, 9.17) is 8.83 Å². The monoisotopic (exact) mass is 455 g/mol. The fourth-order valence-electron chi connectivity index (χ4n) is 3.61. The van der Waals surface area contributed by atoms with Crippen LogP contribution in [0.4, 0.5) is 11.4 Å². The van der Waals surface area contributed by atoms with E-state index in [1.165, 1.54) is 24.3 Å². The molecule has 1 amide bonds. The van der Waals surface area contributed by atoms with Crippen LogP contribution in [-0.4, -0.2) is 20.9 Å². The molecule has 2 heterocycles. The molecule has 9 heteroatoms. The van der Waals surface area contributed by atoms with Crippen molar-refractivity contribution >= 4 is 28.4 Å². The molecule has 2 aromatic heterocycles. The Kier molecular flexibility index (Phi) is 5.06. The number of carbonyl (C=O) groups excluding carboxylic acids is 1. The molecule has 0 aliphatic heterocycles. The number of nitrogens with zero attached hydrogens (tertiary/aromatic N) is 2. The van der Waals surface area contributed by atoms with Gasteiger partial charge in [-0.25, -0.2) is 4.98 Å². The van der Waals surface area contributed by atoms with Crippen molar-refractivity contribution in [3.63, 3.8) is 0 Å². The summed E-state index contributed by atoms with van der Waals surface area (Å²) >= 11 is 0. The number of benzene rings is 3. The van der Waals surface area contributed by atoms with Crippen LogP contribution < -0.4 is 5.32 Å². The molecule has 0 aliphatic rings. The Morgan fingerprint density at radius 1 is 1.00 bits per heavy atom. The van der Waals surface area contributed by atoms with E-state index < -0.39 is 10.8 Å². The number of hydrogen-bond donors (Lipinski definition) is 2. The Hall–Kier alpha value is -4.92. The second-order valence-corrected chi connectivity index (χ2v) is 7.59. The number of hydrogen-bond acceptors (Lipinski definition) is 7. The van der Waals surface area contributed by atoms with Gasteiger partial charge in [0.05, 0.1) is 10.5 Å². The molecule has 168 valence electrons. The Labute approximate surface area is 192 Å². The van der Waals surface area contributed by atoms with E-state index in [2.05, 4.69) is 10.3 Å². The summed E-state index contributed by atoms with van der Waals surface area (Å²) < 4.78 is 11.4. The van der Waals surface area contributed by atoms with E-state index in [9.17, 15) is 20.0 Å². The third-order valence-electron chi connectivity index (χ3n) is 5.29. The molecule has 0 radical (unpaired) electrons. The molecule has 0 saturated carbocycles. The van der Waals surface area contributed by atoms with Crippen LogP contribution in [0.25, 0.3) is 33.9 Å². The number of phenols is 1. The van der Waals surface area contributed by atoms with Crippen LogP contribution in [0, 0.1) is 17.0 Å². The smallest absolute Gasteiger partial charge is 0.291 e. The topological polar surface area (TPSA) is 132 Å². The molecule has 0 spiro atoms. The maximum absolute atomic E-state index is 12.8. The number of furan rings is 1. The Balaban J connectivity index is 1.39. The zero-order chi connectivity index (χ0) is 23.8. The van der Waals surface area contributed by atoms with Gasteiger partial charge in [0.15, 0.2) is 11.3 Å². The van der Waals surface area contributed by atoms with Crippen molar-refractivity contribution in [3.05, 3.63) is 94.2 Å². The number of rotatable bonds is 5. The molecule has 5 aromatic rings. The van der Waals surface area contributed by atoms with Gasteiger partial charge in [0.2, 0.25) is 5.89 Å². The summed E-state index contributed by atoms with van der Waals surface area (Å²) in [7, 11) is 0. The normalized spacial score (nSPS) is 11.0. The number of nitro groups is 1. The SMILES string of the molecule is Cc1cc([N+](=O)[O-])ccc1-c1ccc(C(=O)Nc2ccc(O)c(-c3nc4ccccc4o3)c2)o1. The van der Waals surface area contributed by atoms with Crippen molar-refractivity contribution < 1.29 is 23.7 Å². The van der Waals surface area contributed by atoms with Crippen molar-refractivity contribution in [2.45, 2.75) is 6.92 Å². The first-order valence-electron chi connectivity index (χ1n) is 10.2. The van der Waals surface area contributed by atoms with Crippen molar-refractivity contribution in [1.29, 1.82) is 0 Å². The number of amides is 1. The first-order valence-corrected chi connectivity index (χ1v) is 10.2. The number of aryl methyl sites for hydroxylation is 1. The fraction of sp³-hybridized carbons (Fsp3) is 0.0400. The summed E-state index contributed by atoms with van der Waals surface area (Å²) in [5, 5.41) is 24.0. The van der Waals surface area contributed by atoms with Gasteiger partial charge in [0.25, 0.3) is 11.6 Å². The molecule has 9 nitrogen and oxygen atoms in total. The van der Waals surface area contributed by atoms with E-state index in [0.717, 1.165) is 0 Å². The number of carbonyl (C=O) groups is 1. The summed E-state index contributed by atoms with van der Waals surface area (Å²) in [6, 6.07) is 19.3. The van der Waals surface area contributed by atoms with Gasteiger partial charge in [-0.3, -0.25) is 14.9 Å². The van der Waals surface area contributed by atoms with Crippen LogP contribution >= 0.6 is 0 Å². The van der Waals surface area contributed by atoms with Gasteiger partial charge in [-0.15, -0.1) is 0 Å². The van der Waals surface area contributed by atoms with Gasteiger partial charge in [0.1, 0.15) is 17.0 Å². The molecule has 5 rings (SSSR count). The van der Waals surface area contributed by atoms with Crippen LogP contribution in [0.2, 0.25) is 0 Å². The Morgan fingerprint density at radius 3 is 2.59 bits per heavy atom. The van der Waals surface area contributed by atoms with Crippen LogP contribution in [0.3, 0.4) is 0 Å². The van der Waals surface area contributed by atoms with Gasteiger partial charge >= 0.3 is 0 Å². The van der Waals surface area contributed by atoms with Crippen LogP contribution in [0.5, 0.6) is 5.75 Å². The first kappa shape index (κ1) is 21.0. The average molecular weight is 455 g/mol. The number of oxazole rings is 1. The lowest BCUT2D eigenvalue weighted by molar-refractivity contribution is -0.384. The third kappa shape index (κ3) is 3.86. The highest BCUT2D eigenvalue weighted by atomic mass is 16.6. The molecule has 34 heavy (non-hydrogen) atoms. The number of nitrogens with one attached hydrogen (secondary N) is 1. The zero-order valence-corrected chi connectivity index (χ0v) is 17.8. The van der Waals surface area contributed by atoms with Crippen molar-refractivity contribution in [2.24, 2.45) is 0 Å². The second-order valence-electron chi connectivity index (χ2n) is 7.59. The van der Waals surface area contributed by atoms with E-state index in [1.54, 1.807) is 43.3 Å². The second kappa shape index (κ2) is 8.21. The van der Waals surface area contributed by atoms with E-state index >= 15 is 0 Å². The van der Waals surface area contributed by atoms with Gasteiger partial charge in [0, 0.05) is 23.4 Å². The zero-order valence-electron chi connectivity index (χ0n) is 17.8. The molecule has 0 atom stereocenters. The minimum absolute atomic E-state index is 0.0205. The predicted molar refractivity (Wildman–Crippen MR) is 125 cm³/mol. The molecular formula is C25H17N3O6. The van der Waals surface area contributed by atoms with Crippen LogP contribution in [0.15, 0.2) is 81.6 Å². The summed E-state index contributed by atoms with van der Waals surface area (Å²) in [6.07, 6.45) is 0. The minimum Gasteiger partial charge on any atom is -0.507 e. The number of non-ortho nitro benzene ring substituents is 1. The third-order valence-corrected chi connectivity index (χ3v) is 5.29.